The zero-order valence-electron chi connectivity index (χ0n) is 8.82. The van der Waals surface area contributed by atoms with Gasteiger partial charge in [0.25, 0.3) is 0 Å². The molecule has 1 aromatic rings. The van der Waals surface area contributed by atoms with E-state index in [1.54, 1.807) is 0 Å². The van der Waals surface area contributed by atoms with Crippen LogP contribution in [-0.4, -0.2) is 23.3 Å². The molecule has 0 spiro atoms. The number of benzene rings is 1. The van der Waals surface area contributed by atoms with Crippen LogP contribution in [0.3, 0.4) is 0 Å². The van der Waals surface area contributed by atoms with Gasteiger partial charge in [0.15, 0.2) is 11.6 Å². The first-order chi connectivity index (χ1) is 8.04. The van der Waals surface area contributed by atoms with Gasteiger partial charge in [-0.15, -0.1) is 0 Å². The molecule has 1 aliphatic carbocycles. The molecule has 1 amide bonds. The molecule has 0 saturated heterocycles. The fraction of sp³-hybridized carbons (Fsp3) is 0.364. The molecule has 0 unspecified atom stereocenters. The van der Waals surface area contributed by atoms with Crippen molar-refractivity contribution in [2.45, 2.75) is 25.0 Å². The van der Waals surface area contributed by atoms with Crippen molar-refractivity contribution >= 4 is 6.09 Å². The average Bonchev–Trinajstić information content (AvgIpc) is 2.17. The van der Waals surface area contributed by atoms with Crippen molar-refractivity contribution in [1.82, 2.24) is 5.32 Å². The first-order valence-corrected chi connectivity index (χ1v) is 5.16. The maximum atomic E-state index is 13.2. The highest BCUT2D eigenvalue weighted by atomic mass is 19.1. The van der Waals surface area contributed by atoms with Gasteiger partial charge >= 0.3 is 6.09 Å². The van der Waals surface area contributed by atoms with Crippen molar-refractivity contribution in [3.63, 3.8) is 0 Å². The number of ether oxygens (including phenoxy) is 1. The summed E-state index contributed by atoms with van der Waals surface area (Å²) >= 11 is 0. The Morgan fingerprint density at radius 2 is 2.12 bits per heavy atom. The monoisotopic (exact) mass is 243 g/mol. The lowest BCUT2D eigenvalue weighted by Gasteiger charge is -2.35. The Kier molecular flexibility index (Phi) is 3.12. The van der Waals surface area contributed by atoms with Gasteiger partial charge in [0.05, 0.1) is 0 Å². The Morgan fingerprint density at radius 3 is 2.71 bits per heavy atom. The lowest BCUT2D eigenvalue weighted by atomic mass is 9.89. The second kappa shape index (κ2) is 4.57. The number of rotatable bonds is 3. The van der Waals surface area contributed by atoms with Crippen LogP contribution in [0.1, 0.15) is 12.8 Å². The third-order valence-electron chi connectivity index (χ3n) is 2.61. The van der Waals surface area contributed by atoms with Crippen molar-refractivity contribution in [2.24, 2.45) is 0 Å². The van der Waals surface area contributed by atoms with Crippen LogP contribution >= 0.6 is 0 Å². The molecule has 0 bridgehead atoms. The summed E-state index contributed by atoms with van der Waals surface area (Å²) in [5.74, 6) is -1.42. The average molecular weight is 243 g/mol. The van der Waals surface area contributed by atoms with Gasteiger partial charge in [0, 0.05) is 24.9 Å². The molecule has 4 nitrogen and oxygen atoms in total. The van der Waals surface area contributed by atoms with Crippen LogP contribution < -0.4 is 10.1 Å². The summed E-state index contributed by atoms with van der Waals surface area (Å²) in [5, 5.41) is 10.7. The fourth-order valence-electron chi connectivity index (χ4n) is 1.70. The molecule has 92 valence electrons. The Balaban J connectivity index is 1.85. The first kappa shape index (κ1) is 11.6. The van der Waals surface area contributed by atoms with Crippen LogP contribution in [0.15, 0.2) is 18.2 Å². The van der Waals surface area contributed by atoms with Gasteiger partial charge in [-0.25, -0.2) is 13.6 Å². The molecule has 2 rings (SSSR count). The molecule has 0 aromatic heterocycles. The molecule has 0 heterocycles. The number of nitrogens with one attached hydrogen (secondary N) is 1. The summed E-state index contributed by atoms with van der Waals surface area (Å²) in [6.07, 6.45) is -0.333. The lowest BCUT2D eigenvalue weighted by molar-refractivity contribution is 0.0795. The van der Waals surface area contributed by atoms with E-state index in [1.165, 1.54) is 6.07 Å². The zero-order valence-corrected chi connectivity index (χ0v) is 8.82. The zero-order chi connectivity index (χ0) is 12.4. The molecule has 1 aliphatic rings. The van der Waals surface area contributed by atoms with Gasteiger partial charge in [-0.05, 0) is 12.1 Å². The van der Waals surface area contributed by atoms with E-state index in [-0.39, 0.29) is 17.9 Å². The predicted molar refractivity (Wildman–Crippen MR) is 55.0 cm³/mol. The standard InChI is InChI=1S/C11H11F2NO3/c12-6-1-2-10(9(13)3-6)17-8-4-7(5-8)14-11(15)16/h1-3,7-8,14H,4-5H2,(H,15,16). The molecular formula is C11H11F2NO3. The van der Waals surface area contributed by atoms with Crippen LogP contribution in [0.25, 0.3) is 0 Å². The fourth-order valence-corrected chi connectivity index (χ4v) is 1.70. The van der Waals surface area contributed by atoms with Crippen LogP contribution in [0.5, 0.6) is 5.75 Å². The number of hydrogen-bond donors (Lipinski definition) is 2. The minimum Gasteiger partial charge on any atom is -0.487 e. The molecule has 0 aliphatic heterocycles. The first-order valence-electron chi connectivity index (χ1n) is 5.16. The second-order valence-corrected chi connectivity index (χ2v) is 3.93. The lowest BCUT2D eigenvalue weighted by Crippen LogP contribution is -2.48. The minimum absolute atomic E-state index is 0.00910. The highest BCUT2D eigenvalue weighted by Gasteiger charge is 2.32. The van der Waals surface area contributed by atoms with E-state index >= 15 is 0 Å². The molecule has 1 saturated carbocycles. The van der Waals surface area contributed by atoms with E-state index in [0.29, 0.717) is 12.8 Å². The van der Waals surface area contributed by atoms with Crippen LogP contribution in [-0.2, 0) is 0 Å². The largest absolute Gasteiger partial charge is 0.487 e. The van der Waals surface area contributed by atoms with Gasteiger partial charge in [-0.3, -0.25) is 0 Å². The number of carboxylic acid groups (broad SMARTS) is 1. The van der Waals surface area contributed by atoms with Crippen LogP contribution in [0.4, 0.5) is 13.6 Å². The molecule has 6 heteroatoms. The summed E-state index contributed by atoms with van der Waals surface area (Å²) in [6, 6.07) is 2.94. The van der Waals surface area contributed by atoms with Crippen molar-refractivity contribution < 1.29 is 23.4 Å². The smallest absolute Gasteiger partial charge is 0.404 e. The normalized spacial score (nSPS) is 22.7. The van der Waals surface area contributed by atoms with Crippen LogP contribution in [0, 0.1) is 11.6 Å². The topological polar surface area (TPSA) is 58.6 Å². The third kappa shape index (κ3) is 2.83. The van der Waals surface area contributed by atoms with Crippen molar-refractivity contribution in [3.05, 3.63) is 29.8 Å². The van der Waals surface area contributed by atoms with Gasteiger partial charge in [0.2, 0.25) is 0 Å². The molecule has 0 atom stereocenters. The molecule has 1 aromatic carbocycles. The van der Waals surface area contributed by atoms with Gasteiger partial charge in [-0.1, -0.05) is 0 Å². The summed E-state index contributed by atoms with van der Waals surface area (Å²) < 4.78 is 31.1. The highest BCUT2D eigenvalue weighted by Crippen LogP contribution is 2.27. The molecule has 2 N–H and O–H groups in total. The predicted octanol–water partition coefficient (Wildman–Crippen LogP) is 2.14. The quantitative estimate of drug-likeness (QED) is 0.855. The van der Waals surface area contributed by atoms with Crippen molar-refractivity contribution in [1.29, 1.82) is 0 Å². The molecule has 0 radical (unpaired) electrons. The number of hydrogen-bond acceptors (Lipinski definition) is 2. The maximum absolute atomic E-state index is 13.2. The van der Waals surface area contributed by atoms with Crippen LogP contribution in [0.2, 0.25) is 0 Å². The van der Waals surface area contributed by atoms with Gasteiger partial charge in [0.1, 0.15) is 11.9 Å². The summed E-state index contributed by atoms with van der Waals surface area (Å²) in [6.45, 7) is 0. The van der Waals surface area contributed by atoms with Crippen molar-refractivity contribution in [2.75, 3.05) is 0 Å². The minimum atomic E-state index is -1.08. The van der Waals surface area contributed by atoms with E-state index in [2.05, 4.69) is 5.32 Å². The number of amides is 1. The van der Waals surface area contributed by atoms with E-state index in [4.69, 9.17) is 9.84 Å². The van der Waals surface area contributed by atoms with Gasteiger partial charge in [-0.2, -0.15) is 0 Å². The highest BCUT2D eigenvalue weighted by molar-refractivity contribution is 5.65. The van der Waals surface area contributed by atoms with E-state index in [1.807, 2.05) is 0 Å². The van der Waals surface area contributed by atoms with E-state index in [0.717, 1.165) is 12.1 Å². The SMILES string of the molecule is O=C(O)NC1CC(Oc2ccc(F)cc2F)C1. The number of halogens is 2. The van der Waals surface area contributed by atoms with E-state index in [9.17, 15) is 13.6 Å². The van der Waals surface area contributed by atoms with Gasteiger partial charge < -0.3 is 15.2 Å². The Labute approximate surface area is 96.2 Å². The Bertz CT molecular complexity index is 433. The van der Waals surface area contributed by atoms with E-state index < -0.39 is 17.7 Å². The summed E-state index contributed by atoms with van der Waals surface area (Å²) in [4.78, 5) is 10.3. The number of carbonyl (C=O) groups is 1. The maximum Gasteiger partial charge on any atom is 0.404 e. The Morgan fingerprint density at radius 1 is 1.41 bits per heavy atom. The van der Waals surface area contributed by atoms with Crippen molar-refractivity contribution in [3.8, 4) is 5.75 Å². The second-order valence-electron chi connectivity index (χ2n) is 3.93. The molecular weight excluding hydrogens is 232 g/mol. The molecule has 17 heavy (non-hydrogen) atoms. The Hall–Kier alpha value is -1.85. The summed E-state index contributed by atoms with van der Waals surface area (Å²) in [7, 11) is 0. The third-order valence-corrected chi connectivity index (χ3v) is 2.61. The molecule has 1 fully saturated rings. The summed E-state index contributed by atoms with van der Waals surface area (Å²) in [5.41, 5.74) is 0.